The molecule has 3 nitrogen and oxygen atoms in total. The quantitative estimate of drug-likeness (QED) is 0.800. The van der Waals surface area contributed by atoms with E-state index >= 15 is 0 Å². The minimum absolute atomic E-state index is 0.0824. The predicted molar refractivity (Wildman–Crippen MR) is 47.3 cm³/mol. The summed E-state index contributed by atoms with van der Waals surface area (Å²) < 4.78 is 93.8. The number of halogens is 7. The van der Waals surface area contributed by atoms with Gasteiger partial charge in [-0.3, -0.25) is 0 Å². The third-order valence-electron chi connectivity index (χ3n) is 1.94. The summed E-state index contributed by atoms with van der Waals surface area (Å²) >= 11 is 0. The van der Waals surface area contributed by atoms with E-state index in [4.69, 9.17) is 0 Å². The van der Waals surface area contributed by atoms with Crippen molar-refractivity contribution in [1.82, 2.24) is 4.98 Å². The Hall–Kier alpha value is -1.74. The van der Waals surface area contributed by atoms with Crippen molar-refractivity contribution >= 4 is 0 Å². The summed E-state index contributed by atoms with van der Waals surface area (Å²) in [5.74, 6) is -2.41. The molecule has 0 atom stereocenters. The molecular formula is C9H6F7NO2. The zero-order valence-corrected chi connectivity index (χ0v) is 9.19. The van der Waals surface area contributed by atoms with Gasteiger partial charge in [-0.05, 0) is 0 Å². The topological polar surface area (TPSA) is 31.4 Å². The van der Waals surface area contributed by atoms with Crippen LogP contribution >= 0.6 is 0 Å². The minimum Gasteiger partial charge on any atom is -0.495 e. The van der Waals surface area contributed by atoms with Crippen LogP contribution in [0.5, 0.6) is 11.6 Å². The first-order valence-electron chi connectivity index (χ1n) is 4.55. The molecule has 1 aromatic heterocycles. The van der Waals surface area contributed by atoms with Gasteiger partial charge >= 0.3 is 12.5 Å². The molecule has 0 saturated heterocycles. The van der Waals surface area contributed by atoms with E-state index in [1.807, 2.05) is 0 Å². The second kappa shape index (κ2) is 5.10. The minimum atomic E-state index is -5.21. The van der Waals surface area contributed by atoms with Crippen LogP contribution in [0.1, 0.15) is 11.1 Å². The normalized spacial score (nSPS) is 12.4. The van der Waals surface area contributed by atoms with E-state index in [-0.39, 0.29) is 6.20 Å². The van der Waals surface area contributed by atoms with E-state index in [1.165, 1.54) is 0 Å². The molecule has 0 fully saturated rings. The standard InChI is InChI=1S/C9H6F7NO2/c1-18-6-4(2-10)7(19-9(14,15)16)17-3-5(6)8(11,12)13/h3H,2H2,1H3. The average Bonchev–Trinajstić information content (AvgIpc) is 2.24. The first kappa shape index (κ1) is 15.3. The number of hydrogen-bond acceptors (Lipinski definition) is 3. The van der Waals surface area contributed by atoms with Gasteiger partial charge in [-0.15, -0.1) is 13.2 Å². The largest absolute Gasteiger partial charge is 0.574 e. The molecule has 0 aromatic carbocycles. The number of hydrogen-bond donors (Lipinski definition) is 0. The maximum absolute atomic E-state index is 12.6. The van der Waals surface area contributed by atoms with Gasteiger partial charge in [0.05, 0.1) is 12.7 Å². The van der Waals surface area contributed by atoms with Crippen LogP contribution in [0, 0.1) is 0 Å². The van der Waals surface area contributed by atoms with Crippen LogP contribution in [0.25, 0.3) is 0 Å². The number of nitrogens with zero attached hydrogens (tertiary/aromatic N) is 1. The summed E-state index contributed by atoms with van der Waals surface area (Å²) in [4.78, 5) is 2.83. The molecule has 0 N–H and O–H groups in total. The van der Waals surface area contributed by atoms with Gasteiger partial charge in [0.1, 0.15) is 18.0 Å². The van der Waals surface area contributed by atoms with Crippen molar-refractivity contribution in [3.63, 3.8) is 0 Å². The van der Waals surface area contributed by atoms with Crippen molar-refractivity contribution in [2.24, 2.45) is 0 Å². The van der Waals surface area contributed by atoms with Crippen molar-refractivity contribution in [2.45, 2.75) is 19.2 Å². The molecule has 0 spiro atoms. The lowest BCUT2D eigenvalue weighted by molar-refractivity contribution is -0.276. The lowest BCUT2D eigenvalue weighted by atomic mass is 10.1. The average molecular weight is 293 g/mol. The molecule has 0 aliphatic rings. The van der Waals surface area contributed by atoms with Crippen LogP contribution in [-0.2, 0) is 12.9 Å². The number of methoxy groups -OCH3 is 1. The molecule has 0 aliphatic heterocycles. The van der Waals surface area contributed by atoms with Crippen LogP contribution in [-0.4, -0.2) is 18.5 Å². The van der Waals surface area contributed by atoms with Crippen LogP contribution in [0.3, 0.4) is 0 Å². The molecular weight excluding hydrogens is 287 g/mol. The molecule has 19 heavy (non-hydrogen) atoms. The molecule has 0 aliphatic carbocycles. The van der Waals surface area contributed by atoms with Gasteiger partial charge in [0, 0.05) is 6.20 Å². The lowest BCUT2D eigenvalue weighted by Crippen LogP contribution is -2.20. The highest BCUT2D eigenvalue weighted by Crippen LogP contribution is 2.41. The van der Waals surface area contributed by atoms with E-state index < -0.39 is 42.0 Å². The van der Waals surface area contributed by atoms with Crippen molar-refractivity contribution in [3.8, 4) is 11.6 Å². The third-order valence-corrected chi connectivity index (χ3v) is 1.94. The Morgan fingerprint density at radius 1 is 1.16 bits per heavy atom. The van der Waals surface area contributed by atoms with E-state index in [9.17, 15) is 30.7 Å². The number of pyridine rings is 1. The van der Waals surface area contributed by atoms with Gasteiger partial charge < -0.3 is 9.47 Å². The monoisotopic (exact) mass is 293 g/mol. The molecule has 0 amide bonds. The van der Waals surface area contributed by atoms with Crippen LogP contribution in [0.4, 0.5) is 30.7 Å². The van der Waals surface area contributed by atoms with Crippen molar-refractivity contribution in [1.29, 1.82) is 0 Å². The second-order valence-corrected chi connectivity index (χ2v) is 3.17. The van der Waals surface area contributed by atoms with Crippen molar-refractivity contribution < 1.29 is 40.2 Å². The van der Waals surface area contributed by atoms with E-state index in [2.05, 4.69) is 14.5 Å². The molecule has 0 bridgehead atoms. The summed E-state index contributed by atoms with van der Waals surface area (Å²) in [6, 6.07) is 0. The highest BCUT2D eigenvalue weighted by molar-refractivity contribution is 5.46. The Morgan fingerprint density at radius 3 is 2.11 bits per heavy atom. The molecule has 0 saturated carbocycles. The Labute approximate surface area is 101 Å². The summed E-state index contributed by atoms with van der Waals surface area (Å²) in [5, 5.41) is 0. The second-order valence-electron chi connectivity index (χ2n) is 3.17. The molecule has 108 valence electrons. The Morgan fingerprint density at radius 2 is 1.74 bits per heavy atom. The highest BCUT2D eigenvalue weighted by Gasteiger charge is 2.39. The summed E-state index contributed by atoms with van der Waals surface area (Å²) in [6.07, 6.45) is -10.1. The van der Waals surface area contributed by atoms with Gasteiger partial charge in [-0.1, -0.05) is 0 Å². The lowest BCUT2D eigenvalue weighted by Gasteiger charge is -2.17. The van der Waals surface area contributed by atoms with E-state index in [1.54, 1.807) is 0 Å². The van der Waals surface area contributed by atoms with E-state index in [0.717, 1.165) is 7.11 Å². The molecule has 1 rings (SSSR count). The molecule has 0 unspecified atom stereocenters. The zero-order valence-electron chi connectivity index (χ0n) is 9.19. The van der Waals surface area contributed by atoms with Crippen LogP contribution in [0.2, 0.25) is 0 Å². The van der Waals surface area contributed by atoms with Crippen LogP contribution < -0.4 is 9.47 Å². The first-order valence-corrected chi connectivity index (χ1v) is 4.55. The number of ether oxygens (including phenoxy) is 2. The fourth-order valence-corrected chi connectivity index (χ4v) is 1.27. The molecule has 0 radical (unpaired) electrons. The summed E-state index contributed by atoms with van der Waals surface area (Å²) in [6.45, 7) is -1.66. The summed E-state index contributed by atoms with van der Waals surface area (Å²) in [5.41, 5.74) is -2.55. The Bertz CT molecular complexity index is 455. The van der Waals surface area contributed by atoms with Gasteiger partial charge in [-0.2, -0.15) is 13.2 Å². The van der Waals surface area contributed by atoms with Crippen LogP contribution in [0.15, 0.2) is 6.20 Å². The smallest absolute Gasteiger partial charge is 0.495 e. The number of aromatic nitrogens is 1. The fourth-order valence-electron chi connectivity index (χ4n) is 1.27. The maximum atomic E-state index is 12.6. The van der Waals surface area contributed by atoms with Gasteiger partial charge in [0.15, 0.2) is 0 Å². The predicted octanol–water partition coefficient (Wildman–Crippen LogP) is 3.48. The van der Waals surface area contributed by atoms with Gasteiger partial charge in [0.25, 0.3) is 0 Å². The SMILES string of the molecule is COc1c(C(F)(F)F)cnc(OC(F)(F)F)c1CF. The van der Waals surface area contributed by atoms with Crippen molar-refractivity contribution in [3.05, 3.63) is 17.3 Å². The van der Waals surface area contributed by atoms with Gasteiger partial charge in [0.2, 0.25) is 5.88 Å². The zero-order chi connectivity index (χ0) is 14.8. The Balaban J connectivity index is 3.39. The fraction of sp³-hybridized carbons (Fsp3) is 0.444. The van der Waals surface area contributed by atoms with E-state index in [0.29, 0.717) is 0 Å². The molecule has 1 aromatic rings. The third kappa shape index (κ3) is 3.61. The Kier molecular flexibility index (Phi) is 4.11. The first-order chi connectivity index (χ1) is 8.60. The summed E-state index contributed by atoms with van der Waals surface area (Å²) in [7, 11) is 0.765. The van der Waals surface area contributed by atoms with Crippen molar-refractivity contribution in [2.75, 3.05) is 7.11 Å². The highest BCUT2D eigenvalue weighted by atomic mass is 19.4. The maximum Gasteiger partial charge on any atom is 0.574 e. The number of rotatable bonds is 3. The van der Waals surface area contributed by atoms with Gasteiger partial charge in [-0.25, -0.2) is 9.37 Å². The molecule has 10 heteroatoms. The number of alkyl halides is 7. The molecule has 1 heterocycles.